The Bertz CT molecular complexity index is 569. The molecule has 0 aliphatic carbocycles. The third kappa shape index (κ3) is 3.96. The van der Waals surface area contributed by atoms with Crippen molar-refractivity contribution in [3.63, 3.8) is 0 Å². The van der Waals surface area contributed by atoms with E-state index in [2.05, 4.69) is 11.4 Å². The zero-order valence-corrected chi connectivity index (χ0v) is 12.6. The van der Waals surface area contributed by atoms with E-state index in [1.54, 1.807) is 29.5 Å². The Labute approximate surface area is 126 Å². The van der Waals surface area contributed by atoms with E-state index >= 15 is 0 Å². The Kier molecular flexibility index (Phi) is 4.86. The zero-order valence-electron chi connectivity index (χ0n) is 10.3. The van der Waals surface area contributed by atoms with Crippen LogP contribution in [0.2, 0.25) is 10.0 Å². The first-order valence-corrected chi connectivity index (χ1v) is 7.48. The van der Waals surface area contributed by atoms with Gasteiger partial charge in [0, 0.05) is 22.9 Å². The predicted octanol–water partition coefficient (Wildman–Crippen LogP) is 4.42. The normalized spacial score (nSPS) is 12.2. The van der Waals surface area contributed by atoms with Gasteiger partial charge in [0.25, 0.3) is 5.91 Å². The minimum absolute atomic E-state index is 0.0700. The molecule has 1 atom stereocenters. The number of carbonyl (C=O) groups is 1. The molecule has 0 fully saturated rings. The van der Waals surface area contributed by atoms with E-state index in [-0.39, 0.29) is 11.9 Å². The van der Waals surface area contributed by atoms with E-state index in [1.165, 1.54) is 4.88 Å². The van der Waals surface area contributed by atoms with Gasteiger partial charge in [0.2, 0.25) is 0 Å². The number of carbonyl (C=O) groups excluding carboxylic acids is 1. The summed E-state index contributed by atoms with van der Waals surface area (Å²) in [6, 6.07) is 9.02. The van der Waals surface area contributed by atoms with E-state index in [0.29, 0.717) is 15.6 Å². The number of thiophene rings is 1. The van der Waals surface area contributed by atoms with Crippen LogP contribution in [0.5, 0.6) is 0 Å². The maximum Gasteiger partial charge on any atom is 0.251 e. The molecule has 0 aliphatic rings. The summed E-state index contributed by atoms with van der Waals surface area (Å²) >= 11 is 13.4. The van der Waals surface area contributed by atoms with Crippen molar-refractivity contribution in [2.24, 2.45) is 0 Å². The number of halogens is 2. The molecule has 1 aromatic carbocycles. The number of nitrogens with one attached hydrogen (secondary N) is 1. The first kappa shape index (κ1) is 14.4. The highest BCUT2D eigenvalue weighted by atomic mass is 35.5. The summed E-state index contributed by atoms with van der Waals surface area (Å²) in [5, 5.41) is 5.82. The van der Waals surface area contributed by atoms with E-state index in [0.717, 1.165) is 6.42 Å². The van der Waals surface area contributed by atoms with Crippen LogP contribution in [0, 0.1) is 0 Å². The highest BCUT2D eigenvalue weighted by Gasteiger charge is 2.12. The van der Waals surface area contributed by atoms with E-state index < -0.39 is 0 Å². The molecule has 5 heteroatoms. The summed E-state index contributed by atoms with van der Waals surface area (Å²) in [5.74, 6) is -0.136. The van der Waals surface area contributed by atoms with E-state index in [1.807, 2.05) is 18.4 Å². The van der Waals surface area contributed by atoms with Crippen LogP contribution in [0.1, 0.15) is 22.2 Å². The maximum absolute atomic E-state index is 12.0. The number of hydrogen-bond donors (Lipinski definition) is 1. The topological polar surface area (TPSA) is 29.1 Å². The van der Waals surface area contributed by atoms with Crippen molar-refractivity contribution in [1.82, 2.24) is 5.32 Å². The van der Waals surface area contributed by atoms with Gasteiger partial charge in [0.1, 0.15) is 0 Å². The number of amides is 1. The molecule has 1 N–H and O–H groups in total. The molecule has 2 nitrogen and oxygen atoms in total. The average molecular weight is 314 g/mol. The highest BCUT2D eigenvalue weighted by molar-refractivity contribution is 7.09. The molecule has 0 bridgehead atoms. The van der Waals surface area contributed by atoms with Crippen molar-refractivity contribution in [3.8, 4) is 0 Å². The Balaban J connectivity index is 1.98. The molecule has 0 saturated heterocycles. The van der Waals surface area contributed by atoms with Crippen molar-refractivity contribution in [2.45, 2.75) is 19.4 Å². The quantitative estimate of drug-likeness (QED) is 0.889. The number of benzene rings is 1. The summed E-state index contributed by atoms with van der Waals surface area (Å²) in [4.78, 5) is 13.3. The van der Waals surface area contributed by atoms with Crippen LogP contribution in [0.3, 0.4) is 0 Å². The second kappa shape index (κ2) is 6.42. The second-order valence-electron chi connectivity index (χ2n) is 4.29. The second-order valence-corrected chi connectivity index (χ2v) is 6.13. The third-order valence-corrected chi connectivity index (χ3v) is 4.28. The van der Waals surface area contributed by atoms with Gasteiger partial charge in [0.15, 0.2) is 0 Å². The summed E-state index contributed by atoms with van der Waals surface area (Å²) in [7, 11) is 0. The lowest BCUT2D eigenvalue weighted by molar-refractivity contribution is 0.0940. The Morgan fingerprint density at radius 1 is 1.32 bits per heavy atom. The van der Waals surface area contributed by atoms with Crippen molar-refractivity contribution < 1.29 is 4.79 Å². The molecule has 0 radical (unpaired) electrons. The fraction of sp³-hybridized carbons (Fsp3) is 0.214. The summed E-state index contributed by atoms with van der Waals surface area (Å²) in [5.41, 5.74) is 0.521. The Morgan fingerprint density at radius 3 is 2.74 bits per heavy atom. The van der Waals surface area contributed by atoms with Gasteiger partial charge in [-0.15, -0.1) is 11.3 Å². The maximum atomic E-state index is 12.0. The summed E-state index contributed by atoms with van der Waals surface area (Å²) < 4.78 is 0. The van der Waals surface area contributed by atoms with Crippen molar-refractivity contribution in [1.29, 1.82) is 0 Å². The SMILES string of the molecule is CC(Cc1cccs1)NC(=O)c1ccc(Cl)c(Cl)c1. The fourth-order valence-corrected chi connectivity index (χ4v) is 2.86. The highest BCUT2D eigenvalue weighted by Crippen LogP contribution is 2.22. The molecule has 2 aromatic rings. The van der Waals surface area contributed by atoms with Gasteiger partial charge in [0.05, 0.1) is 10.0 Å². The monoisotopic (exact) mass is 313 g/mol. The van der Waals surface area contributed by atoms with Crippen LogP contribution in [0.4, 0.5) is 0 Å². The minimum Gasteiger partial charge on any atom is -0.349 e. The lowest BCUT2D eigenvalue weighted by Gasteiger charge is -2.13. The van der Waals surface area contributed by atoms with E-state index in [4.69, 9.17) is 23.2 Å². The molecule has 1 unspecified atom stereocenters. The molecular formula is C14H13Cl2NOS. The molecule has 100 valence electrons. The summed E-state index contributed by atoms with van der Waals surface area (Å²) in [6.07, 6.45) is 0.824. The third-order valence-electron chi connectivity index (χ3n) is 2.65. The smallest absolute Gasteiger partial charge is 0.251 e. The van der Waals surface area contributed by atoms with E-state index in [9.17, 15) is 4.79 Å². The number of rotatable bonds is 4. The van der Waals surface area contributed by atoms with Gasteiger partial charge in [-0.1, -0.05) is 29.3 Å². The molecule has 1 amide bonds. The van der Waals surface area contributed by atoms with Gasteiger partial charge >= 0.3 is 0 Å². The molecule has 1 heterocycles. The van der Waals surface area contributed by atoms with Crippen LogP contribution in [0.15, 0.2) is 35.7 Å². The van der Waals surface area contributed by atoms with Gasteiger partial charge in [-0.3, -0.25) is 4.79 Å². The number of hydrogen-bond acceptors (Lipinski definition) is 2. The van der Waals surface area contributed by atoms with Crippen LogP contribution < -0.4 is 5.32 Å². The fourth-order valence-electron chi connectivity index (χ4n) is 1.73. The zero-order chi connectivity index (χ0) is 13.8. The molecule has 19 heavy (non-hydrogen) atoms. The van der Waals surface area contributed by atoms with Gasteiger partial charge < -0.3 is 5.32 Å². The molecule has 0 spiro atoms. The van der Waals surface area contributed by atoms with Crippen LogP contribution in [0.25, 0.3) is 0 Å². The molecule has 1 aromatic heterocycles. The summed E-state index contributed by atoms with van der Waals surface area (Å²) in [6.45, 7) is 1.98. The Morgan fingerprint density at radius 2 is 2.11 bits per heavy atom. The van der Waals surface area contributed by atoms with Gasteiger partial charge in [-0.2, -0.15) is 0 Å². The lowest BCUT2D eigenvalue weighted by Crippen LogP contribution is -2.33. The van der Waals surface area contributed by atoms with Crippen LogP contribution in [-0.4, -0.2) is 11.9 Å². The Hall–Kier alpha value is -1.03. The molecule has 2 rings (SSSR count). The van der Waals surface area contributed by atoms with Crippen molar-refractivity contribution in [3.05, 3.63) is 56.2 Å². The largest absolute Gasteiger partial charge is 0.349 e. The van der Waals surface area contributed by atoms with Crippen molar-refractivity contribution in [2.75, 3.05) is 0 Å². The minimum atomic E-state index is -0.136. The molecule has 0 aliphatic heterocycles. The first-order valence-electron chi connectivity index (χ1n) is 5.84. The van der Waals surface area contributed by atoms with Crippen LogP contribution >= 0.6 is 34.5 Å². The van der Waals surface area contributed by atoms with Crippen molar-refractivity contribution >= 4 is 40.4 Å². The predicted molar refractivity (Wildman–Crippen MR) is 81.4 cm³/mol. The standard InChI is InChI=1S/C14H13Cl2NOS/c1-9(7-11-3-2-6-19-11)17-14(18)10-4-5-12(15)13(16)8-10/h2-6,8-9H,7H2,1H3,(H,17,18). The van der Waals surface area contributed by atoms with Gasteiger partial charge in [-0.25, -0.2) is 0 Å². The van der Waals surface area contributed by atoms with Gasteiger partial charge in [-0.05, 0) is 36.6 Å². The average Bonchev–Trinajstić information content (AvgIpc) is 2.85. The lowest BCUT2D eigenvalue weighted by atomic mass is 10.1. The first-order chi connectivity index (χ1) is 9.06. The van der Waals surface area contributed by atoms with Crippen LogP contribution in [-0.2, 0) is 6.42 Å². The molecule has 0 saturated carbocycles. The molecular weight excluding hydrogens is 301 g/mol.